The van der Waals surface area contributed by atoms with Crippen LogP contribution in [0, 0.1) is 5.92 Å². The first-order chi connectivity index (χ1) is 15.4. The molecular formula is C26H26N2O3S. The van der Waals surface area contributed by atoms with Crippen LogP contribution in [0.5, 0.6) is 0 Å². The number of carbonyl (C=O) groups is 1. The first kappa shape index (κ1) is 20.9. The number of carbonyl (C=O) groups excluding carboxylic acids is 1. The van der Waals surface area contributed by atoms with Crippen LogP contribution in [0.25, 0.3) is 0 Å². The van der Waals surface area contributed by atoms with Crippen LogP contribution in [0.3, 0.4) is 0 Å². The maximum Gasteiger partial charge on any atom is 0.238 e. The van der Waals surface area contributed by atoms with Gasteiger partial charge in [-0.25, -0.2) is 13.6 Å². The van der Waals surface area contributed by atoms with Crippen molar-refractivity contribution in [3.05, 3.63) is 101 Å². The lowest BCUT2D eigenvalue weighted by molar-refractivity contribution is -0.121. The Morgan fingerprint density at radius 1 is 0.875 bits per heavy atom. The topological polar surface area (TPSA) is 89.3 Å². The van der Waals surface area contributed by atoms with Crippen LogP contribution in [-0.2, 0) is 21.2 Å². The normalized spacial score (nSPS) is 21.0. The van der Waals surface area contributed by atoms with Crippen molar-refractivity contribution >= 4 is 15.9 Å². The molecule has 0 fully saturated rings. The van der Waals surface area contributed by atoms with Gasteiger partial charge in [0.1, 0.15) is 0 Å². The van der Waals surface area contributed by atoms with Crippen molar-refractivity contribution in [3.8, 4) is 0 Å². The SMILES string of the molecule is NS(=O)(=O)c1ccc(CCC(=O)NC[C@@H]2CC3c4ccccc4C2c2ccccc23)cc1. The van der Waals surface area contributed by atoms with Crippen molar-refractivity contribution in [1.82, 2.24) is 5.32 Å². The van der Waals surface area contributed by atoms with Gasteiger partial charge in [-0.15, -0.1) is 0 Å². The summed E-state index contributed by atoms with van der Waals surface area (Å²) in [7, 11) is -3.70. The largest absolute Gasteiger partial charge is 0.356 e. The minimum Gasteiger partial charge on any atom is -0.356 e. The Kier molecular flexibility index (Phi) is 5.35. The lowest BCUT2D eigenvalue weighted by Crippen LogP contribution is -2.39. The van der Waals surface area contributed by atoms with E-state index in [0.29, 0.717) is 37.1 Å². The molecule has 32 heavy (non-hydrogen) atoms. The fourth-order valence-electron chi connectivity index (χ4n) is 5.40. The van der Waals surface area contributed by atoms with Gasteiger partial charge in [-0.3, -0.25) is 4.79 Å². The second-order valence-corrected chi connectivity index (χ2v) is 10.3. The summed E-state index contributed by atoms with van der Waals surface area (Å²) >= 11 is 0. The average molecular weight is 447 g/mol. The predicted molar refractivity (Wildman–Crippen MR) is 124 cm³/mol. The first-order valence-electron chi connectivity index (χ1n) is 11.0. The van der Waals surface area contributed by atoms with E-state index in [1.807, 2.05) is 0 Å². The van der Waals surface area contributed by atoms with Gasteiger partial charge in [0.15, 0.2) is 0 Å². The molecule has 3 N–H and O–H groups in total. The molecule has 1 amide bonds. The molecule has 164 valence electrons. The van der Waals surface area contributed by atoms with Crippen LogP contribution in [-0.4, -0.2) is 20.9 Å². The van der Waals surface area contributed by atoms with Crippen molar-refractivity contribution < 1.29 is 13.2 Å². The molecule has 2 bridgehead atoms. The van der Waals surface area contributed by atoms with Crippen molar-refractivity contribution in [1.29, 1.82) is 0 Å². The van der Waals surface area contributed by atoms with Crippen molar-refractivity contribution in [2.45, 2.75) is 36.0 Å². The number of hydrogen-bond donors (Lipinski definition) is 2. The van der Waals surface area contributed by atoms with Gasteiger partial charge in [-0.05, 0) is 58.7 Å². The number of aryl methyl sites for hydroxylation is 1. The van der Waals surface area contributed by atoms with E-state index in [-0.39, 0.29) is 10.8 Å². The molecule has 3 aliphatic carbocycles. The summed E-state index contributed by atoms with van der Waals surface area (Å²) in [6.45, 7) is 0.660. The Balaban J connectivity index is 1.24. The minimum atomic E-state index is -3.70. The second kappa shape index (κ2) is 8.19. The van der Waals surface area contributed by atoms with Gasteiger partial charge in [0.05, 0.1) is 4.90 Å². The zero-order chi connectivity index (χ0) is 22.3. The van der Waals surface area contributed by atoms with Crippen LogP contribution < -0.4 is 10.5 Å². The van der Waals surface area contributed by atoms with Gasteiger partial charge < -0.3 is 5.32 Å². The second-order valence-electron chi connectivity index (χ2n) is 8.78. The molecule has 6 heteroatoms. The van der Waals surface area contributed by atoms with Gasteiger partial charge in [0, 0.05) is 24.8 Å². The zero-order valence-corrected chi connectivity index (χ0v) is 18.5. The molecule has 1 atom stereocenters. The van der Waals surface area contributed by atoms with Gasteiger partial charge in [0.25, 0.3) is 0 Å². The Hall–Kier alpha value is -2.96. The summed E-state index contributed by atoms with van der Waals surface area (Å²) in [6.07, 6.45) is 1.97. The molecule has 0 radical (unpaired) electrons. The molecule has 6 rings (SSSR count). The van der Waals surface area contributed by atoms with Crippen molar-refractivity contribution in [3.63, 3.8) is 0 Å². The number of nitrogens with two attached hydrogens (primary N) is 1. The van der Waals surface area contributed by atoms with Crippen molar-refractivity contribution in [2.24, 2.45) is 11.1 Å². The van der Waals surface area contributed by atoms with Crippen LogP contribution in [0.1, 0.15) is 52.5 Å². The minimum absolute atomic E-state index is 0.0172. The highest BCUT2D eigenvalue weighted by atomic mass is 32.2. The highest BCUT2D eigenvalue weighted by Crippen LogP contribution is 2.55. The lowest BCUT2D eigenvalue weighted by Gasteiger charge is -2.45. The number of benzene rings is 3. The summed E-state index contributed by atoms with van der Waals surface area (Å²) in [4.78, 5) is 12.6. The van der Waals surface area contributed by atoms with E-state index in [4.69, 9.17) is 5.14 Å². The molecule has 0 aliphatic heterocycles. The lowest BCUT2D eigenvalue weighted by atomic mass is 9.59. The van der Waals surface area contributed by atoms with E-state index in [9.17, 15) is 13.2 Å². The number of primary sulfonamides is 1. The van der Waals surface area contributed by atoms with Gasteiger partial charge in [0.2, 0.25) is 15.9 Å². The quantitative estimate of drug-likeness (QED) is 0.605. The number of rotatable bonds is 6. The van der Waals surface area contributed by atoms with Gasteiger partial charge in [-0.2, -0.15) is 0 Å². The van der Waals surface area contributed by atoms with Gasteiger partial charge >= 0.3 is 0 Å². The summed E-state index contributed by atoms with van der Waals surface area (Å²) in [6, 6.07) is 23.8. The van der Waals surface area contributed by atoms with Gasteiger partial charge in [-0.1, -0.05) is 60.7 Å². The summed E-state index contributed by atoms with van der Waals surface area (Å²) in [5.74, 6) is 1.11. The van der Waals surface area contributed by atoms with E-state index in [2.05, 4.69) is 53.8 Å². The molecule has 0 saturated carbocycles. The Morgan fingerprint density at radius 2 is 1.44 bits per heavy atom. The number of nitrogens with one attached hydrogen (secondary N) is 1. The number of sulfonamides is 1. The summed E-state index contributed by atoms with van der Waals surface area (Å²) < 4.78 is 22.7. The van der Waals surface area contributed by atoms with Crippen LogP contribution in [0.2, 0.25) is 0 Å². The molecule has 5 nitrogen and oxygen atoms in total. The highest BCUT2D eigenvalue weighted by molar-refractivity contribution is 7.89. The third-order valence-electron chi connectivity index (χ3n) is 6.88. The van der Waals surface area contributed by atoms with Crippen LogP contribution in [0.15, 0.2) is 77.7 Å². The molecule has 0 unspecified atom stereocenters. The smallest absolute Gasteiger partial charge is 0.238 e. The summed E-state index contributed by atoms with van der Waals surface area (Å²) in [5.41, 5.74) is 6.57. The summed E-state index contributed by atoms with van der Waals surface area (Å²) in [5, 5.41) is 8.28. The molecule has 3 aliphatic rings. The number of hydrogen-bond acceptors (Lipinski definition) is 3. The fourth-order valence-corrected chi connectivity index (χ4v) is 5.91. The Labute approximate surface area is 188 Å². The molecule has 3 aromatic carbocycles. The average Bonchev–Trinajstić information content (AvgIpc) is 2.81. The third kappa shape index (κ3) is 3.85. The molecule has 0 aromatic heterocycles. The monoisotopic (exact) mass is 446 g/mol. The predicted octanol–water partition coefficient (Wildman–Crippen LogP) is 3.68. The fraction of sp³-hybridized carbons (Fsp3) is 0.269. The van der Waals surface area contributed by atoms with Crippen LogP contribution in [0.4, 0.5) is 0 Å². The van der Waals surface area contributed by atoms with E-state index in [0.717, 1.165) is 12.0 Å². The molecule has 0 saturated heterocycles. The molecule has 0 spiro atoms. The highest BCUT2D eigenvalue weighted by Gasteiger charge is 2.42. The van der Waals surface area contributed by atoms with E-state index >= 15 is 0 Å². The third-order valence-corrected chi connectivity index (χ3v) is 7.81. The molecule has 0 heterocycles. The Morgan fingerprint density at radius 3 is 2.00 bits per heavy atom. The van der Waals surface area contributed by atoms with E-state index in [1.54, 1.807) is 12.1 Å². The standard InChI is InChI=1S/C26H26N2O3S/c27-32(30,31)19-12-9-17(10-13-19)11-14-25(29)28-16-18-15-24-20-5-1-3-7-22(20)26(18)23-8-4-2-6-21(23)24/h1-10,12-13,18,24,26H,11,14-16H2,(H,28,29)(H2,27,30,31)/t18-,24?,26?/m0/s1. The Bertz CT molecular complexity index is 1220. The van der Waals surface area contributed by atoms with E-state index < -0.39 is 10.0 Å². The van der Waals surface area contributed by atoms with E-state index in [1.165, 1.54) is 34.4 Å². The number of fused-ring (bicyclic) bond motifs is 1. The maximum absolute atomic E-state index is 12.6. The maximum atomic E-state index is 12.6. The number of amides is 1. The zero-order valence-electron chi connectivity index (χ0n) is 17.7. The molecular weight excluding hydrogens is 420 g/mol. The molecule has 3 aromatic rings. The van der Waals surface area contributed by atoms with Crippen LogP contribution >= 0.6 is 0 Å². The first-order valence-corrected chi connectivity index (χ1v) is 12.5. The van der Waals surface area contributed by atoms with Crippen molar-refractivity contribution in [2.75, 3.05) is 6.54 Å².